The van der Waals surface area contributed by atoms with Gasteiger partial charge in [0.25, 0.3) is 0 Å². The van der Waals surface area contributed by atoms with Crippen LogP contribution in [-0.4, -0.2) is 11.7 Å². The average molecular weight is 234 g/mol. The van der Waals surface area contributed by atoms with Crippen molar-refractivity contribution < 1.29 is 4.74 Å². The third-order valence-electron chi connectivity index (χ3n) is 4.74. The summed E-state index contributed by atoms with van der Waals surface area (Å²) in [5.74, 6) is 1.95. The maximum Gasteiger partial charge on any atom is 0.0676 e. The van der Waals surface area contributed by atoms with Gasteiger partial charge in [-0.3, -0.25) is 0 Å². The Hall–Kier alpha value is -0.560. The van der Waals surface area contributed by atoms with Gasteiger partial charge in [-0.1, -0.05) is 32.1 Å². The number of rotatable bonds is 3. The molecule has 17 heavy (non-hydrogen) atoms. The van der Waals surface area contributed by atoms with Crippen molar-refractivity contribution >= 4 is 0 Å². The minimum Gasteiger partial charge on any atom is -0.371 e. The SMILES string of the molecule is C=CCCC1(C)CCC2C=CC(C)C(C)C2O1. The highest BCUT2D eigenvalue weighted by Gasteiger charge is 2.41. The van der Waals surface area contributed by atoms with Crippen molar-refractivity contribution in [1.29, 1.82) is 0 Å². The first-order valence-electron chi connectivity index (χ1n) is 7.03. The van der Waals surface area contributed by atoms with Crippen molar-refractivity contribution in [3.63, 3.8) is 0 Å². The summed E-state index contributed by atoms with van der Waals surface area (Å²) in [5, 5.41) is 0. The van der Waals surface area contributed by atoms with Crippen LogP contribution in [0.5, 0.6) is 0 Å². The first kappa shape index (κ1) is 12.9. The zero-order chi connectivity index (χ0) is 12.5. The zero-order valence-corrected chi connectivity index (χ0v) is 11.5. The molecule has 96 valence electrons. The van der Waals surface area contributed by atoms with Gasteiger partial charge < -0.3 is 4.74 Å². The van der Waals surface area contributed by atoms with Crippen LogP contribution in [0.1, 0.15) is 46.5 Å². The van der Waals surface area contributed by atoms with E-state index in [1.165, 1.54) is 12.8 Å². The second-order valence-electron chi connectivity index (χ2n) is 6.17. The summed E-state index contributed by atoms with van der Waals surface area (Å²) in [6.07, 6.45) is 11.9. The Bertz CT molecular complexity index is 307. The van der Waals surface area contributed by atoms with E-state index in [2.05, 4.69) is 39.5 Å². The number of hydrogen-bond donors (Lipinski definition) is 0. The molecule has 2 rings (SSSR count). The van der Waals surface area contributed by atoms with Crippen molar-refractivity contribution in [2.75, 3.05) is 0 Å². The van der Waals surface area contributed by atoms with Gasteiger partial charge in [0, 0.05) is 5.92 Å². The molecule has 0 aromatic heterocycles. The summed E-state index contributed by atoms with van der Waals surface area (Å²) in [5.41, 5.74) is 0.0779. The lowest BCUT2D eigenvalue weighted by Gasteiger charge is -2.47. The molecule has 1 heteroatoms. The van der Waals surface area contributed by atoms with Gasteiger partial charge in [-0.15, -0.1) is 6.58 Å². The number of hydrogen-bond acceptors (Lipinski definition) is 1. The van der Waals surface area contributed by atoms with Crippen molar-refractivity contribution in [3.05, 3.63) is 24.8 Å². The van der Waals surface area contributed by atoms with Crippen molar-refractivity contribution in [1.82, 2.24) is 0 Å². The largest absolute Gasteiger partial charge is 0.371 e. The van der Waals surface area contributed by atoms with Gasteiger partial charge in [0.1, 0.15) is 0 Å². The maximum atomic E-state index is 6.46. The molecule has 0 aromatic rings. The van der Waals surface area contributed by atoms with Crippen LogP contribution in [0.25, 0.3) is 0 Å². The predicted octanol–water partition coefficient (Wildman–Crippen LogP) is 4.35. The number of allylic oxidation sites excluding steroid dienone is 2. The Balaban J connectivity index is 2.06. The molecular formula is C16H26O. The molecule has 0 bridgehead atoms. The average Bonchev–Trinajstić information content (AvgIpc) is 2.32. The number of fused-ring (bicyclic) bond motifs is 1. The van der Waals surface area contributed by atoms with Gasteiger partial charge in [-0.05, 0) is 44.4 Å². The lowest BCUT2D eigenvalue weighted by Crippen LogP contribution is -2.47. The minimum atomic E-state index is 0.0779. The van der Waals surface area contributed by atoms with E-state index in [0.29, 0.717) is 23.9 Å². The first-order chi connectivity index (χ1) is 8.06. The fourth-order valence-corrected chi connectivity index (χ4v) is 3.20. The van der Waals surface area contributed by atoms with Gasteiger partial charge in [0.2, 0.25) is 0 Å². The molecule has 1 saturated heterocycles. The van der Waals surface area contributed by atoms with Gasteiger partial charge in [0.05, 0.1) is 11.7 Å². The van der Waals surface area contributed by atoms with Crippen LogP contribution in [0.15, 0.2) is 24.8 Å². The molecule has 0 N–H and O–H groups in total. The van der Waals surface area contributed by atoms with Gasteiger partial charge in [0.15, 0.2) is 0 Å². The summed E-state index contributed by atoms with van der Waals surface area (Å²) >= 11 is 0. The molecule has 5 atom stereocenters. The van der Waals surface area contributed by atoms with Gasteiger partial charge in [-0.25, -0.2) is 0 Å². The number of ether oxygens (including phenoxy) is 1. The highest BCUT2D eigenvalue weighted by atomic mass is 16.5. The zero-order valence-electron chi connectivity index (χ0n) is 11.5. The van der Waals surface area contributed by atoms with E-state index in [-0.39, 0.29) is 5.60 Å². The van der Waals surface area contributed by atoms with E-state index in [9.17, 15) is 0 Å². The molecule has 1 heterocycles. The van der Waals surface area contributed by atoms with Crippen molar-refractivity contribution in [2.24, 2.45) is 17.8 Å². The normalized spacial score (nSPS) is 45.4. The summed E-state index contributed by atoms with van der Waals surface area (Å²) < 4.78 is 6.46. The van der Waals surface area contributed by atoms with Gasteiger partial charge >= 0.3 is 0 Å². The lowest BCUT2D eigenvalue weighted by molar-refractivity contribution is -0.163. The van der Waals surface area contributed by atoms with Crippen LogP contribution in [0.3, 0.4) is 0 Å². The second-order valence-corrected chi connectivity index (χ2v) is 6.17. The summed E-state index contributed by atoms with van der Waals surface area (Å²) in [6, 6.07) is 0. The molecule has 1 aliphatic carbocycles. The summed E-state index contributed by atoms with van der Waals surface area (Å²) in [4.78, 5) is 0. The molecule has 5 unspecified atom stereocenters. The van der Waals surface area contributed by atoms with Crippen LogP contribution in [-0.2, 0) is 4.74 Å². The van der Waals surface area contributed by atoms with E-state index in [0.717, 1.165) is 12.8 Å². The van der Waals surface area contributed by atoms with E-state index in [4.69, 9.17) is 4.74 Å². The summed E-state index contributed by atoms with van der Waals surface area (Å²) in [6.45, 7) is 10.7. The standard InChI is InChI=1S/C16H26O/c1-5-6-10-16(4)11-9-14-8-7-12(2)13(3)15(14)17-16/h5,7-8,12-15H,1,6,9-11H2,2-4H3. The van der Waals surface area contributed by atoms with Crippen LogP contribution in [0, 0.1) is 17.8 Å². The van der Waals surface area contributed by atoms with Crippen molar-refractivity contribution in [3.8, 4) is 0 Å². The third kappa shape index (κ3) is 2.65. The first-order valence-corrected chi connectivity index (χ1v) is 7.03. The predicted molar refractivity (Wildman–Crippen MR) is 72.9 cm³/mol. The fraction of sp³-hybridized carbons (Fsp3) is 0.750. The molecular weight excluding hydrogens is 208 g/mol. The maximum absolute atomic E-state index is 6.46. The Kier molecular flexibility index (Phi) is 3.77. The quantitative estimate of drug-likeness (QED) is 0.660. The Morgan fingerprint density at radius 1 is 1.41 bits per heavy atom. The van der Waals surface area contributed by atoms with E-state index >= 15 is 0 Å². The molecule has 1 fully saturated rings. The third-order valence-corrected chi connectivity index (χ3v) is 4.74. The topological polar surface area (TPSA) is 9.23 Å². The summed E-state index contributed by atoms with van der Waals surface area (Å²) in [7, 11) is 0. The van der Waals surface area contributed by atoms with E-state index in [1.807, 2.05) is 6.08 Å². The molecule has 2 aliphatic rings. The highest BCUT2D eigenvalue weighted by molar-refractivity contribution is 5.07. The second kappa shape index (κ2) is 4.97. The van der Waals surface area contributed by atoms with E-state index < -0.39 is 0 Å². The Morgan fingerprint density at radius 2 is 2.18 bits per heavy atom. The molecule has 0 saturated carbocycles. The molecule has 0 radical (unpaired) electrons. The van der Waals surface area contributed by atoms with Crippen molar-refractivity contribution in [2.45, 2.75) is 58.2 Å². The molecule has 0 aromatic carbocycles. The van der Waals surface area contributed by atoms with Crippen LogP contribution < -0.4 is 0 Å². The van der Waals surface area contributed by atoms with Gasteiger partial charge in [-0.2, -0.15) is 0 Å². The monoisotopic (exact) mass is 234 g/mol. The Morgan fingerprint density at radius 3 is 2.88 bits per heavy atom. The lowest BCUT2D eigenvalue weighted by atomic mass is 9.73. The molecule has 1 aliphatic heterocycles. The highest BCUT2D eigenvalue weighted by Crippen LogP contribution is 2.43. The Labute approximate surface area is 106 Å². The van der Waals surface area contributed by atoms with E-state index in [1.54, 1.807) is 0 Å². The smallest absolute Gasteiger partial charge is 0.0676 e. The molecule has 0 spiro atoms. The van der Waals surface area contributed by atoms with Crippen LogP contribution in [0.2, 0.25) is 0 Å². The van der Waals surface area contributed by atoms with Crippen LogP contribution >= 0.6 is 0 Å². The minimum absolute atomic E-state index is 0.0779. The molecule has 0 amide bonds. The molecule has 1 nitrogen and oxygen atoms in total. The van der Waals surface area contributed by atoms with Crippen LogP contribution in [0.4, 0.5) is 0 Å². The fourth-order valence-electron chi connectivity index (χ4n) is 3.20.